The Bertz CT molecular complexity index is 1180. The Morgan fingerprint density at radius 1 is 0.824 bits per heavy atom. The molecule has 1 aliphatic rings. The molecule has 0 saturated carbocycles. The van der Waals surface area contributed by atoms with Crippen LogP contribution in [0.15, 0.2) is 47.1 Å². The predicted octanol–water partition coefficient (Wildman–Crippen LogP) is 4.43. The first-order valence-electron chi connectivity index (χ1n) is 10.0. The lowest BCUT2D eigenvalue weighted by Crippen LogP contribution is -2.47. The van der Waals surface area contributed by atoms with Gasteiger partial charge in [0.2, 0.25) is 5.82 Å². The number of anilines is 3. The van der Waals surface area contributed by atoms with E-state index >= 15 is 0 Å². The lowest BCUT2D eigenvalue weighted by molar-refractivity contribution is 0.0950. The zero-order valence-electron chi connectivity index (χ0n) is 17.4. The summed E-state index contributed by atoms with van der Waals surface area (Å²) in [4.78, 5) is 15.0. The zero-order valence-corrected chi connectivity index (χ0v) is 18.2. The topological polar surface area (TPSA) is 60.8 Å². The van der Waals surface area contributed by atoms with Crippen LogP contribution in [0.4, 0.5) is 39.0 Å². The Morgan fingerprint density at radius 3 is 1.94 bits per heavy atom. The molecule has 2 aromatic carbocycles. The van der Waals surface area contributed by atoms with Crippen molar-refractivity contribution in [3.63, 3.8) is 0 Å². The standard InChI is InChI=1S/C22H17F5N4O2S/c23-15-16(24)18(26)20(19(27)17(15)25)31-9-7-30(8-10-31)13-5-3-12(4-6-13)28-22(34)29-21(32)14-2-1-11-33-14/h1-6,11H,7-10H2,(H2,28,29,32,34). The maximum Gasteiger partial charge on any atom is 0.293 e. The normalized spacial score (nSPS) is 13.7. The van der Waals surface area contributed by atoms with Crippen LogP contribution < -0.4 is 20.4 Å². The van der Waals surface area contributed by atoms with Crippen molar-refractivity contribution in [2.45, 2.75) is 0 Å². The average molecular weight is 496 g/mol. The third kappa shape index (κ3) is 4.67. The number of hydrogen-bond donors (Lipinski definition) is 2. The molecule has 1 saturated heterocycles. The van der Waals surface area contributed by atoms with E-state index in [1.165, 1.54) is 12.3 Å². The fraction of sp³-hybridized carbons (Fsp3) is 0.182. The molecule has 0 unspecified atom stereocenters. The third-order valence-corrected chi connectivity index (χ3v) is 5.45. The van der Waals surface area contributed by atoms with Gasteiger partial charge in [0, 0.05) is 37.6 Å². The number of furan rings is 1. The van der Waals surface area contributed by atoms with Crippen LogP contribution >= 0.6 is 12.2 Å². The summed E-state index contributed by atoms with van der Waals surface area (Å²) in [5, 5.41) is 5.42. The average Bonchev–Trinajstić information content (AvgIpc) is 3.38. The maximum atomic E-state index is 14.1. The van der Waals surface area contributed by atoms with E-state index in [0.29, 0.717) is 18.8 Å². The van der Waals surface area contributed by atoms with Crippen molar-refractivity contribution in [3.8, 4) is 0 Å². The largest absolute Gasteiger partial charge is 0.459 e. The molecule has 0 aliphatic carbocycles. The molecule has 6 nitrogen and oxygen atoms in total. The minimum absolute atomic E-state index is 0.0568. The van der Waals surface area contributed by atoms with Crippen molar-refractivity contribution < 1.29 is 31.2 Å². The van der Waals surface area contributed by atoms with Gasteiger partial charge in [0.05, 0.1) is 6.26 Å². The maximum absolute atomic E-state index is 14.1. The Balaban J connectivity index is 1.36. The van der Waals surface area contributed by atoms with E-state index in [1.807, 2.05) is 4.90 Å². The molecule has 0 bridgehead atoms. The second-order valence-corrected chi connectivity index (χ2v) is 7.73. The van der Waals surface area contributed by atoms with Gasteiger partial charge in [-0.2, -0.15) is 0 Å². The Kier molecular flexibility index (Phi) is 6.68. The lowest BCUT2D eigenvalue weighted by atomic mass is 10.2. The number of carbonyl (C=O) groups excluding carboxylic acids is 1. The van der Waals surface area contributed by atoms with Crippen LogP contribution in [-0.2, 0) is 0 Å². The molecule has 3 aromatic rings. The number of piperazine rings is 1. The van der Waals surface area contributed by atoms with E-state index in [2.05, 4.69) is 10.6 Å². The van der Waals surface area contributed by atoms with Crippen LogP contribution in [-0.4, -0.2) is 37.2 Å². The number of thiocarbonyl (C=S) groups is 1. The zero-order chi connectivity index (χ0) is 24.4. The summed E-state index contributed by atoms with van der Waals surface area (Å²) in [5.41, 5.74) is 0.474. The smallest absolute Gasteiger partial charge is 0.293 e. The quantitative estimate of drug-likeness (QED) is 0.241. The van der Waals surface area contributed by atoms with Gasteiger partial charge in [-0.1, -0.05) is 0 Å². The van der Waals surface area contributed by atoms with Crippen molar-refractivity contribution in [2.24, 2.45) is 0 Å². The minimum Gasteiger partial charge on any atom is -0.459 e. The SMILES string of the molecule is O=C(NC(=S)Nc1ccc(N2CCN(c3c(F)c(F)c(F)c(F)c3F)CC2)cc1)c1ccco1. The first kappa shape index (κ1) is 23.5. The number of halogens is 5. The van der Waals surface area contributed by atoms with Crippen molar-refractivity contribution >= 4 is 40.3 Å². The van der Waals surface area contributed by atoms with Gasteiger partial charge in [-0.25, -0.2) is 22.0 Å². The first-order chi connectivity index (χ1) is 16.3. The van der Waals surface area contributed by atoms with Gasteiger partial charge in [-0.15, -0.1) is 0 Å². The fourth-order valence-corrected chi connectivity index (χ4v) is 3.76. The summed E-state index contributed by atoms with van der Waals surface area (Å²) in [6.45, 7) is 0.705. The molecule has 178 valence electrons. The Labute approximate surface area is 195 Å². The number of benzene rings is 2. The van der Waals surface area contributed by atoms with Gasteiger partial charge in [0.1, 0.15) is 5.69 Å². The highest BCUT2D eigenvalue weighted by molar-refractivity contribution is 7.80. The van der Waals surface area contributed by atoms with Crippen LogP contribution in [0.25, 0.3) is 0 Å². The number of nitrogens with zero attached hydrogens (tertiary/aromatic N) is 2. The third-order valence-electron chi connectivity index (χ3n) is 5.24. The molecule has 2 heterocycles. The summed E-state index contributed by atoms with van der Waals surface area (Å²) in [5.74, 6) is -10.2. The fourth-order valence-electron chi connectivity index (χ4n) is 3.55. The van der Waals surface area contributed by atoms with E-state index in [0.717, 1.165) is 10.6 Å². The van der Waals surface area contributed by atoms with Gasteiger partial charge in [-0.3, -0.25) is 10.1 Å². The van der Waals surface area contributed by atoms with Crippen LogP contribution in [0.1, 0.15) is 10.6 Å². The molecule has 34 heavy (non-hydrogen) atoms. The van der Waals surface area contributed by atoms with Crippen LogP contribution in [0.2, 0.25) is 0 Å². The number of nitrogens with one attached hydrogen (secondary N) is 2. The van der Waals surface area contributed by atoms with E-state index in [-0.39, 0.29) is 24.0 Å². The first-order valence-corrected chi connectivity index (χ1v) is 10.4. The monoisotopic (exact) mass is 496 g/mol. The summed E-state index contributed by atoms with van der Waals surface area (Å²) in [6, 6.07) is 10.1. The molecule has 2 N–H and O–H groups in total. The molecule has 1 aromatic heterocycles. The van der Waals surface area contributed by atoms with E-state index in [4.69, 9.17) is 16.6 Å². The molecule has 12 heteroatoms. The molecule has 1 aliphatic heterocycles. The molecule has 1 amide bonds. The molecule has 0 spiro atoms. The molecule has 0 atom stereocenters. The van der Waals surface area contributed by atoms with Gasteiger partial charge >= 0.3 is 0 Å². The number of hydrogen-bond acceptors (Lipinski definition) is 5. The summed E-state index contributed by atoms with van der Waals surface area (Å²) < 4.78 is 73.5. The Hall–Kier alpha value is -3.67. The second-order valence-electron chi connectivity index (χ2n) is 7.33. The molecule has 4 rings (SSSR count). The van der Waals surface area contributed by atoms with Crippen molar-refractivity contribution in [1.29, 1.82) is 0 Å². The van der Waals surface area contributed by atoms with Crippen LogP contribution in [0.5, 0.6) is 0 Å². The molecule has 0 radical (unpaired) electrons. The van der Waals surface area contributed by atoms with Gasteiger partial charge in [0.25, 0.3) is 5.91 Å². The van der Waals surface area contributed by atoms with Crippen molar-refractivity contribution in [1.82, 2.24) is 5.32 Å². The summed E-state index contributed by atoms with van der Waals surface area (Å²) >= 11 is 5.11. The number of amides is 1. The van der Waals surface area contributed by atoms with Crippen molar-refractivity contribution in [2.75, 3.05) is 41.3 Å². The minimum atomic E-state index is -2.17. The highest BCUT2D eigenvalue weighted by Crippen LogP contribution is 2.31. The highest BCUT2D eigenvalue weighted by Gasteiger charge is 2.30. The van der Waals surface area contributed by atoms with Gasteiger partial charge in [0.15, 0.2) is 34.1 Å². The van der Waals surface area contributed by atoms with E-state index in [1.54, 1.807) is 30.3 Å². The van der Waals surface area contributed by atoms with Gasteiger partial charge < -0.3 is 19.5 Å². The number of rotatable bonds is 4. The van der Waals surface area contributed by atoms with Crippen LogP contribution in [0.3, 0.4) is 0 Å². The Morgan fingerprint density at radius 2 is 1.38 bits per heavy atom. The highest BCUT2D eigenvalue weighted by atomic mass is 32.1. The second kappa shape index (κ2) is 9.67. The van der Waals surface area contributed by atoms with E-state index < -0.39 is 40.7 Å². The van der Waals surface area contributed by atoms with Gasteiger partial charge in [-0.05, 0) is 48.6 Å². The summed E-state index contributed by atoms with van der Waals surface area (Å²) in [6.07, 6.45) is 1.37. The number of carbonyl (C=O) groups is 1. The van der Waals surface area contributed by atoms with E-state index in [9.17, 15) is 26.7 Å². The summed E-state index contributed by atoms with van der Waals surface area (Å²) in [7, 11) is 0. The molecular weight excluding hydrogens is 479 g/mol. The predicted molar refractivity (Wildman–Crippen MR) is 119 cm³/mol. The molecule has 1 fully saturated rings. The van der Waals surface area contributed by atoms with Crippen molar-refractivity contribution in [3.05, 3.63) is 77.5 Å². The van der Waals surface area contributed by atoms with Crippen LogP contribution in [0, 0.1) is 29.1 Å². The lowest BCUT2D eigenvalue weighted by Gasteiger charge is -2.37. The molecular formula is C22H17F5N4O2S.